The minimum atomic E-state index is -1.02. The molecule has 2 aromatic rings. The molecule has 0 saturated carbocycles. The van der Waals surface area contributed by atoms with Gasteiger partial charge >= 0.3 is 5.63 Å². The Kier molecular flexibility index (Phi) is 5.82. The van der Waals surface area contributed by atoms with Gasteiger partial charge in [-0.15, -0.1) is 0 Å². The number of alkyl halides is 1. The number of allylic oxidation sites excluding steroid dienone is 5. The third-order valence-corrected chi connectivity index (χ3v) is 5.59. The highest BCUT2D eigenvalue weighted by Gasteiger charge is 2.38. The predicted octanol–water partition coefficient (Wildman–Crippen LogP) is 3.22. The smallest absolute Gasteiger partial charge is 0.336 e. The van der Waals surface area contributed by atoms with E-state index in [0.29, 0.717) is 28.6 Å². The first-order valence-electron chi connectivity index (χ1n) is 10.4. The Labute approximate surface area is 185 Å². The zero-order valence-electron chi connectivity index (χ0n) is 18.3. The Balaban J connectivity index is 1.61. The number of hydrogen-bond acceptors (Lipinski definition) is 6. The third kappa shape index (κ3) is 4.72. The van der Waals surface area contributed by atoms with Crippen LogP contribution in [0.5, 0.6) is 5.88 Å². The Hall–Kier alpha value is -3.48. The van der Waals surface area contributed by atoms with Crippen LogP contribution in [0.4, 0.5) is 4.39 Å². The van der Waals surface area contributed by atoms with E-state index < -0.39 is 17.4 Å². The van der Waals surface area contributed by atoms with Crippen LogP contribution in [-0.2, 0) is 4.74 Å². The first-order chi connectivity index (χ1) is 15.2. The van der Waals surface area contributed by atoms with Crippen molar-refractivity contribution in [3.63, 3.8) is 0 Å². The zero-order valence-corrected chi connectivity index (χ0v) is 18.3. The molecule has 6 nitrogen and oxygen atoms in total. The van der Waals surface area contributed by atoms with E-state index in [1.165, 1.54) is 18.5 Å². The highest BCUT2D eigenvalue weighted by Crippen LogP contribution is 2.35. The summed E-state index contributed by atoms with van der Waals surface area (Å²) in [5.41, 5.74) is 1.58. The van der Waals surface area contributed by atoms with Crippen molar-refractivity contribution in [3.05, 3.63) is 80.8 Å². The quantitative estimate of drug-likeness (QED) is 0.733. The molecule has 1 aliphatic heterocycles. The standard InChI is InChI=1S/C25H25FN2O4/c1-15-17(8-9-24(29)30-15)10-19-12-22(25(3,4)32-16(19)2)31-23-13-21(27-14-28-23)18-6-5-7-20(26)11-18/h5-10,13-14,20,22H,1,11-12H2,2-4H3/b17-10-/t20?,22-/m0/s1. The van der Waals surface area contributed by atoms with Gasteiger partial charge in [-0.25, -0.2) is 19.2 Å². The summed E-state index contributed by atoms with van der Waals surface area (Å²) in [6.45, 7) is 9.60. The van der Waals surface area contributed by atoms with Crippen molar-refractivity contribution >= 4 is 18.2 Å². The number of hydrogen-bond donors (Lipinski definition) is 0. The van der Waals surface area contributed by atoms with Crippen LogP contribution in [-0.4, -0.2) is 27.8 Å². The molecule has 0 amide bonds. The SMILES string of the molecule is C=c1oc(=O)cc/c1=C/C1=C(C)OC(C)(C)[C@@H](Oc2cc(C3=CC=CC(F)C3)ncn2)C1. The Morgan fingerprint density at radius 1 is 1.28 bits per heavy atom. The summed E-state index contributed by atoms with van der Waals surface area (Å²) in [6.07, 6.45) is 7.82. The van der Waals surface area contributed by atoms with Crippen LogP contribution in [0.25, 0.3) is 18.2 Å². The van der Waals surface area contributed by atoms with Gasteiger partial charge in [0.15, 0.2) is 0 Å². The molecule has 7 heteroatoms. The molecular formula is C25H25FN2O4. The molecule has 0 radical (unpaired) electrons. The van der Waals surface area contributed by atoms with Crippen molar-refractivity contribution in [1.29, 1.82) is 0 Å². The highest BCUT2D eigenvalue weighted by molar-refractivity contribution is 5.66. The van der Waals surface area contributed by atoms with Crippen LogP contribution in [0.3, 0.4) is 0 Å². The maximum Gasteiger partial charge on any atom is 0.336 e. The second-order valence-electron chi connectivity index (χ2n) is 8.41. The van der Waals surface area contributed by atoms with E-state index >= 15 is 0 Å². The van der Waals surface area contributed by atoms with Crippen molar-refractivity contribution in [1.82, 2.24) is 9.97 Å². The van der Waals surface area contributed by atoms with Crippen molar-refractivity contribution in [2.45, 2.75) is 51.5 Å². The van der Waals surface area contributed by atoms with Gasteiger partial charge in [0.25, 0.3) is 0 Å². The summed E-state index contributed by atoms with van der Waals surface area (Å²) >= 11 is 0. The average molecular weight is 436 g/mol. The lowest BCUT2D eigenvalue weighted by molar-refractivity contribution is -0.0709. The largest absolute Gasteiger partial charge is 0.488 e. The van der Waals surface area contributed by atoms with Crippen LogP contribution >= 0.6 is 0 Å². The van der Waals surface area contributed by atoms with Gasteiger partial charge in [0.1, 0.15) is 29.6 Å². The lowest BCUT2D eigenvalue weighted by atomic mass is 9.90. The van der Waals surface area contributed by atoms with E-state index in [4.69, 9.17) is 13.9 Å². The molecule has 32 heavy (non-hydrogen) atoms. The molecule has 0 bridgehead atoms. The van der Waals surface area contributed by atoms with Crippen molar-refractivity contribution in [2.75, 3.05) is 0 Å². The first-order valence-corrected chi connectivity index (χ1v) is 10.4. The molecule has 0 N–H and O–H groups in total. The van der Waals surface area contributed by atoms with Gasteiger partial charge in [-0.1, -0.05) is 24.8 Å². The fourth-order valence-electron chi connectivity index (χ4n) is 3.79. The van der Waals surface area contributed by atoms with Gasteiger partial charge in [0.05, 0.1) is 11.5 Å². The number of ether oxygens (including phenoxy) is 2. The second kappa shape index (κ2) is 8.57. The van der Waals surface area contributed by atoms with E-state index in [-0.39, 0.29) is 12.5 Å². The third-order valence-electron chi connectivity index (χ3n) is 5.59. The van der Waals surface area contributed by atoms with Crippen LogP contribution in [0.2, 0.25) is 0 Å². The Bertz CT molecular complexity index is 1290. The number of halogens is 1. The molecule has 0 aromatic carbocycles. The van der Waals surface area contributed by atoms with Gasteiger partial charge in [-0.3, -0.25) is 0 Å². The van der Waals surface area contributed by atoms with Gasteiger partial charge in [-0.05, 0) is 44.1 Å². The van der Waals surface area contributed by atoms with Crippen molar-refractivity contribution < 1.29 is 18.3 Å². The summed E-state index contributed by atoms with van der Waals surface area (Å²) in [6, 6.07) is 4.76. The Morgan fingerprint density at radius 2 is 2.09 bits per heavy atom. The molecule has 166 valence electrons. The molecule has 2 aromatic heterocycles. The molecule has 0 fully saturated rings. The number of aromatic nitrogens is 2. The van der Waals surface area contributed by atoms with E-state index in [9.17, 15) is 9.18 Å². The molecule has 1 unspecified atom stereocenters. The maximum absolute atomic E-state index is 13.7. The lowest BCUT2D eigenvalue weighted by Crippen LogP contribution is -2.46. The van der Waals surface area contributed by atoms with Gasteiger partial charge in [-0.2, -0.15) is 0 Å². The molecule has 2 aliphatic rings. The first kappa shape index (κ1) is 21.7. The molecule has 0 spiro atoms. The van der Waals surface area contributed by atoms with Gasteiger partial charge < -0.3 is 13.9 Å². The number of rotatable bonds is 4. The van der Waals surface area contributed by atoms with Crippen LogP contribution < -0.4 is 21.0 Å². The molecule has 2 atom stereocenters. The summed E-state index contributed by atoms with van der Waals surface area (Å²) in [5, 5.41) is 0.698. The minimum absolute atomic E-state index is 0.270. The van der Waals surface area contributed by atoms with Crippen LogP contribution in [0, 0.1) is 0 Å². The van der Waals surface area contributed by atoms with Gasteiger partial charge in [0, 0.05) is 30.2 Å². The highest BCUT2D eigenvalue weighted by atomic mass is 19.1. The molecule has 4 rings (SSSR count). The number of nitrogens with zero attached hydrogens (tertiary/aromatic N) is 2. The van der Waals surface area contributed by atoms with E-state index in [1.807, 2.05) is 32.9 Å². The lowest BCUT2D eigenvalue weighted by Gasteiger charge is -2.39. The maximum atomic E-state index is 13.7. The molecule has 0 saturated heterocycles. The van der Waals surface area contributed by atoms with E-state index in [1.54, 1.807) is 18.2 Å². The van der Waals surface area contributed by atoms with Crippen molar-refractivity contribution in [2.24, 2.45) is 0 Å². The average Bonchev–Trinajstić information content (AvgIpc) is 2.73. The zero-order chi connectivity index (χ0) is 22.9. The fraction of sp³-hybridized carbons (Fsp3) is 0.320. The van der Waals surface area contributed by atoms with E-state index in [2.05, 4.69) is 16.5 Å². The summed E-state index contributed by atoms with van der Waals surface area (Å²) < 4.78 is 31.2. The summed E-state index contributed by atoms with van der Waals surface area (Å²) in [5.74, 6) is 1.15. The fourth-order valence-corrected chi connectivity index (χ4v) is 3.79. The molecule has 3 heterocycles. The molecular weight excluding hydrogens is 411 g/mol. The topological polar surface area (TPSA) is 74.5 Å². The molecule has 1 aliphatic carbocycles. The van der Waals surface area contributed by atoms with Crippen molar-refractivity contribution in [3.8, 4) is 5.88 Å². The van der Waals surface area contributed by atoms with E-state index in [0.717, 1.165) is 16.9 Å². The summed E-state index contributed by atoms with van der Waals surface area (Å²) in [4.78, 5) is 19.9. The normalized spacial score (nSPS) is 23.0. The second-order valence-corrected chi connectivity index (χ2v) is 8.41. The predicted molar refractivity (Wildman–Crippen MR) is 120 cm³/mol. The minimum Gasteiger partial charge on any atom is -0.488 e. The van der Waals surface area contributed by atoms with Gasteiger partial charge in [0.2, 0.25) is 5.88 Å². The van der Waals surface area contributed by atoms with Crippen LogP contribution in [0.15, 0.2) is 63.3 Å². The Morgan fingerprint density at radius 3 is 2.84 bits per heavy atom. The summed E-state index contributed by atoms with van der Waals surface area (Å²) in [7, 11) is 0. The van der Waals surface area contributed by atoms with Crippen LogP contribution in [0.1, 0.15) is 39.3 Å². The monoisotopic (exact) mass is 436 g/mol.